The number of fused-ring (bicyclic) bond motifs is 1. The third kappa shape index (κ3) is 2.33. The molecule has 3 aromatic rings. The molecular weight excluding hydrogens is 258 g/mol. The van der Waals surface area contributed by atoms with E-state index in [1.54, 1.807) is 11.3 Å². The monoisotopic (exact) mass is 273 g/mol. The Labute approximate surface area is 115 Å². The zero-order chi connectivity index (χ0) is 13.2. The van der Waals surface area contributed by atoms with Crippen LogP contribution >= 0.6 is 11.3 Å². The number of aryl methyl sites for hydroxylation is 1. The van der Waals surface area contributed by atoms with Crippen LogP contribution in [0.2, 0.25) is 0 Å². The van der Waals surface area contributed by atoms with Crippen molar-refractivity contribution in [1.82, 2.24) is 14.6 Å². The van der Waals surface area contributed by atoms with Crippen LogP contribution in [0.3, 0.4) is 0 Å². The van der Waals surface area contributed by atoms with E-state index in [0.717, 1.165) is 33.4 Å². The van der Waals surface area contributed by atoms with Crippen LogP contribution < -0.4 is 4.74 Å². The maximum Gasteiger partial charge on any atom is 0.212 e. The second-order valence-electron chi connectivity index (χ2n) is 4.16. The van der Waals surface area contributed by atoms with Gasteiger partial charge in [0.2, 0.25) is 4.96 Å². The van der Waals surface area contributed by atoms with Crippen LogP contribution in [0.15, 0.2) is 30.5 Å². The lowest BCUT2D eigenvalue weighted by molar-refractivity contribution is 0.340. The van der Waals surface area contributed by atoms with E-state index in [2.05, 4.69) is 17.0 Å². The summed E-state index contributed by atoms with van der Waals surface area (Å²) in [5.74, 6) is 0.888. The van der Waals surface area contributed by atoms with Gasteiger partial charge >= 0.3 is 0 Å². The Morgan fingerprint density at radius 3 is 2.63 bits per heavy atom. The highest BCUT2D eigenvalue weighted by atomic mass is 32.1. The third-order valence-electron chi connectivity index (χ3n) is 2.85. The molecule has 0 spiro atoms. The second-order valence-corrected chi connectivity index (χ2v) is 5.20. The number of aromatic nitrogens is 3. The SMILES string of the molecule is CCOc1ccc(-c2cn3nc(CC)sc3n2)cc1. The fourth-order valence-electron chi connectivity index (χ4n) is 1.91. The van der Waals surface area contributed by atoms with Crippen molar-refractivity contribution in [2.24, 2.45) is 0 Å². The van der Waals surface area contributed by atoms with Crippen molar-refractivity contribution in [3.63, 3.8) is 0 Å². The Hall–Kier alpha value is -1.88. The van der Waals surface area contributed by atoms with Crippen LogP contribution in [0.5, 0.6) is 5.75 Å². The van der Waals surface area contributed by atoms with Gasteiger partial charge in [0.1, 0.15) is 10.8 Å². The average molecular weight is 273 g/mol. The van der Waals surface area contributed by atoms with Crippen LogP contribution in [0.25, 0.3) is 16.2 Å². The minimum absolute atomic E-state index is 0.684. The van der Waals surface area contributed by atoms with Crippen LogP contribution in [-0.4, -0.2) is 21.2 Å². The summed E-state index contributed by atoms with van der Waals surface area (Å²) in [6, 6.07) is 7.99. The van der Waals surface area contributed by atoms with Crippen LogP contribution in [0.4, 0.5) is 0 Å². The third-order valence-corrected chi connectivity index (χ3v) is 3.92. The summed E-state index contributed by atoms with van der Waals surface area (Å²) in [6.07, 6.45) is 2.92. The van der Waals surface area contributed by atoms with Crippen LogP contribution in [0.1, 0.15) is 18.9 Å². The van der Waals surface area contributed by atoms with E-state index in [4.69, 9.17) is 4.74 Å². The maximum atomic E-state index is 5.44. The fourth-order valence-corrected chi connectivity index (χ4v) is 2.73. The number of ether oxygens (including phenoxy) is 1. The topological polar surface area (TPSA) is 39.4 Å². The van der Waals surface area contributed by atoms with E-state index >= 15 is 0 Å². The minimum atomic E-state index is 0.684. The molecule has 0 amide bonds. The minimum Gasteiger partial charge on any atom is -0.494 e. The molecule has 3 rings (SSSR count). The molecule has 5 heteroatoms. The van der Waals surface area contributed by atoms with Crippen molar-refractivity contribution in [3.05, 3.63) is 35.5 Å². The highest BCUT2D eigenvalue weighted by Gasteiger charge is 2.08. The largest absolute Gasteiger partial charge is 0.494 e. The lowest BCUT2D eigenvalue weighted by Crippen LogP contribution is -1.90. The Balaban J connectivity index is 1.92. The van der Waals surface area contributed by atoms with Crippen LogP contribution in [-0.2, 0) is 6.42 Å². The number of imidazole rings is 1. The van der Waals surface area contributed by atoms with Gasteiger partial charge in [0.05, 0.1) is 18.5 Å². The van der Waals surface area contributed by atoms with Gasteiger partial charge in [0.25, 0.3) is 0 Å². The maximum absolute atomic E-state index is 5.44. The van der Waals surface area contributed by atoms with Crippen molar-refractivity contribution in [1.29, 1.82) is 0 Å². The molecule has 0 aliphatic rings. The first kappa shape index (κ1) is 12.2. The predicted octanol–water partition coefficient (Wildman–Crippen LogP) is 3.42. The Kier molecular flexibility index (Phi) is 3.21. The average Bonchev–Trinajstić information content (AvgIpc) is 2.97. The molecule has 4 nitrogen and oxygen atoms in total. The van der Waals surface area contributed by atoms with Gasteiger partial charge in [-0.25, -0.2) is 9.50 Å². The van der Waals surface area contributed by atoms with Gasteiger partial charge in [0.15, 0.2) is 0 Å². The quantitative estimate of drug-likeness (QED) is 0.731. The van der Waals surface area contributed by atoms with Crippen molar-refractivity contribution in [2.75, 3.05) is 6.61 Å². The number of hydrogen-bond donors (Lipinski definition) is 0. The summed E-state index contributed by atoms with van der Waals surface area (Å²) in [4.78, 5) is 5.55. The zero-order valence-electron chi connectivity index (χ0n) is 11.0. The second kappa shape index (κ2) is 5.01. The molecule has 0 N–H and O–H groups in total. The molecule has 19 heavy (non-hydrogen) atoms. The molecule has 0 saturated carbocycles. The molecule has 0 radical (unpaired) electrons. The van der Waals surface area contributed by atoms with Gasteiger partial charge in [-0.3, -0.25) is 0 Å². The van der Waals surface area contributed by atoms with Gasteiger partial charge in [0, 0.05) is 5.56 Å². The van der Waals surface area contributed by atoms with E-state index in [-0.39, 0.29) is 0 Å². The van der Waals surface area contributed by atoms with Crippen molar-refractivity contribution in [3.8, 4) is 17.0 Å². The number of nitrogens with zero attached hydrogens (tertiary/aromatic N) is 3. The highest BCUT2D eigenvalue weighted by molar-refractivity contribution is 7.16. The molecule has 0 atom stereocenters. The number of hydrogen-bond acceptors (Lipinski definition) is 4. The first-order valence-electron chi connectivity index (χ1n) is 6.38. The smallest absolute Gasteiger partial charge is 0.212 e. The summed E-state index contributed by atoms with van der Waals surface area (Å²) >= 11 is 1.64. The summed E-state index contributed by atoms with van der Waals surface area (Å²) in [6.45, 7) is 4.77. The summed E-state index contributed by atoms with van der Waals surface area (Å²) < 4.78 is 7.29. The van der Waals surface area contributed by atoms with Crippen LogP contribution in [0, 0.1) is 0 Å². The summed E-state index contributed by atoms with van der Waals surface area (Å²) in [5.41, 5.74) is 2.03. The molecule has 1 aromatic carbocycles. The first-order valence-corrected chi connectivity index (χ1v) is 7.20. The van der Waals surface area contributed by atoms with E-state index in [0.29, 0.717) is 6.61 Å². The van der Waals surface area contributed by atoms with Gasteiger partial charge in [-0.2, -0.15) is 5.10 Å². The van der Waals surface area contributed by atoms with Crippen molar-refractivity contribution >= 4 is 16.3 Å². The van der Waals surface area contributed by atoms with Gasteiger partial charge in [-0.1, -0.05) is 18.3 Å². The molecule has 2 heterocycles. The molecule has 0 bridgehead atoms. The molecule has 0 unspecified atom stereocenters. The lowest BCUT2D eigenvalue weighted by Gasteiger charge is -2.02. The van der Waals surface area contributed by atoms with Crippen molar-refractivity contribution in [2.45, 2.75) is 20.3 Å². The highest BCUT2D eigenvalue weighted by Crippen LogP contribution is 2.24. The zero-order valence-corrected chi connectivity index (χ0v) is 11.8. The van der Waals surface area contributed by atoms with Gasteiger partial charge in [-0.05, 0) is 37.6 Å². The molecule has 2 aromatic heterocycles. The molecule has 0 aliphatic heterocycles. The van der Waals surface area contributed by atoms with E-state index in [9.17, 15) is 0 Å². The van der Waals surface area contributed by atoms with E-state index in [1.165, 1.54) is 0 Å². The standard InChI is InChI=1S/C14H15N3OS/c1-3-13-16-17-9-12(15-14(17)19-13)10-5-7-11(8-6-10)18-4-2/h5-9H,3-4H2,1-2H3. The Morgan fingerprint density at radius 1 is 1.21 bits per heavy atom. The number of benzene rings is 1. The fraction of sp³-hybridized carbons (Fsp3) is 0.286. The van der Waals surface area contributed by atoms with Gasteiger partial charge in [-0.15, -0.1) is 0 Å². The van der Waals surface area contributed by atoms with Gasteiger partial charge < -0.3 is 4.74 Å². The Morgan fingerprint density at radius 2 is 2.00 bits per heavy atom. The molecular formula is C14H15N3OS. The summed E-state index contributed by atoms with van der Waals surface area (Å²) in [5, 5.41) is 5.58. The molecule has 0 fully saturated rings. The normalized spacial score (nSPS) is 11.1. The molecule has 0 aliphatic carbocycles. The van der Waals surface area contributed by atoms with E-state index in [1.807, 2.05) is 41.9 Å². The number of rotatable bonds is 4. The molecule has 0 saturated heterocycles. The summed E-state index contributed by atoms with van der Waals surface area (Å²) in [7, 11) is 0. The van der Waals surface area contributed by atoms with Crippen molar-refractivity contribution < 1.29 is 4.74 Å². The molecule has 98 valence electrons. The lowest BCUT2D eigenvalue weighted by atomic mass is 10.2. The Bertz CT molecular complexity index is 653. The van der Waals surface area contributed by atoms with E-state index < -0.39 is 0 Å². The predicted molar refractivity (Wildman–Crippen MR) is 76.8 cm³/mol. The first-order chi connectivity index (χ1) is 9.30.